The predicted octanol–water partition coefficient (Wildman–Crippen LogP) is 3.48. The van der Waals surface area contributed by atoms with Gasteiger partial charge in [-0.05, 0) is 31.2 Å². The first-order valence-electron chi connectivity index (χ1n) is 8.78. The topological polar surface area (TPSA) is 49.8 Å². The Morgan fingerprint density at radius 3 is 2.54 bits per heavy atom. The highest BCUT2D eigenvalue weighted by molar-refractivity contribution is 5.69. The molecule has 2 bridgehead atoms. The van der Waals surface area contributed by atoms with E-state index >= 15 is 0 Å². The lowest BCUT2D eigenvalue weighted by Gasteiger charge is -2.42. The molecule has 2 fully saturated rings. The van der Waals surface area contributed by atoms with Crippen LogP contribution in [0, 0.1) is 11.8 Å². The number of aliphatic hydroxyl groups is 1. The standard InChI is InChI=1S/C20H25NO3/c1-2-3-7-12-20(23)13-17-10-11-18(14-20)21(17)19(22)24-15-16-8-5-4-6-9-16/h4-6,8-9,17-18,23H,2,10-15H2,1H3. The van der Waals surface area contributed by atoms with Crippen molar-refractivity contribution in [2.45, 2.75) is 69.7 Å². The number of carbonyl (C=O) groups excluding carboxylic acids is 1. The minimum Gasteiger partial charge on any atom is -0.445 e. The molecule has 1 aromatic rings. The maximum atomic E-state index is 12.5. The van der Waals surface area contributed by atoms with Gasteiger partial charge in [-0.3, -0.25) is 0 Å². The second-order valence-electron chi connectivity index (χ2n) is 6.85. The minimum absolute atomic E-state index is 0.0699. The number of carbonyl (C=O) groups is 1. The molecule has 2 saturated heterocycles. The van der Waals surface area contributed by atoms with Gasteiger partial charge in [0.2, 0.25) is 0 Å². The van der Waals surface area contributed by atoms with Crippen LogP contribution in [0.4, 0.5) is 4.79 Å². The van der Waals surface area contributed by atoms with Crippen molar-refractivity contribution >= 4 is 6.09 Å². The predicted molar refractivity (Wildman–Crippen MR) is 92.1 cm³/mol. The zero-order valence-electron chi connectivity index (χ0n) is 14.2. The maximum absolute atomic E-state index is 12.5. The molecule has 0 spiro atoms. The number of ether oxygens (including phenoxy) is 1. The molecule has 2 unspecified atom stereocenters. The smallest absolute Gasteiger partial charge is 0.410 e. The molecular weight excluding hydrogens is 302 g/mol. The van der Waals surface area contributed by atoms with Gasteiger partial charge in [0, 0.05) is 24.9 Å². The zero-order valence-corrected chi connectivity index (χ0v) is 14.2. The van der Waals surface area contributed by atoms with Crippen LogP contribution >= 0.6 is 0 Å². The van der Waals surface area contributed by atoms with E-state index in [2.05, 4.69) is 11.8 Å². The Labute approximate surface area is 143 Å². The number of hydrogen-bond donors (Lipinski definition) is 1. The molecule has 2 aliphatic rings. The van der Waals surface area contributed by atoms with Crippen molar-refractivity contribution in [2.75, 3.05) is 0 Å². The van der Waals surface area contributed by atoms with Crippen LogP contribution in [0.2, 0.25) is 0 Å². The molecule has 0 aromatic heterocycles. The van der Waals surface area contributed by atoms with Crippen molar-refractivity contribution in [3.05, 3.63) is 35.9 Å². The molecule has 1 aromatic carbocycles. The van der Waals surface area contributed by atoms with Crippen molar-refractivity contribution < 1.29 is 14.6 Å². The van der Waals surface area contributed by atoms with Crippen molar-refractivity contribution in [1.82, 2.24) is 4.90 Å². The SMILES string of the molecule is CCC#CCC1(O)CC2CCC(C1)N2C(=O)OCc1ccccc1. The fraction of sp³-hybridized carbons (Fsp3) is 0.550. The summed E-state index contributed by atoms with van der Waals surface area (Å²) < 4.78 is 5.49. The summed E-state index contributed by atoms with van der Waals surface area (Å²) in [7, 11) is 0. The minimum atomic E-state index is -0.760. The molecule has 1 N–H and O–H groups in total. The van der Waals surface area contributed by atoms with E-state index in [1.54, 1.807) is 0 Å². The summed E-state index contributed by atoms with van der Waals surface area (Å²) in [6.07, 6.45) is 4.13. The number of hydrogen-bond acceptors (Lipinski definition) is 3. The van der Waals surface area contributed by atoms with Gasteiger partial charge in [-0.1, -0.05) is 37.3 Å². The van der Waals surface area contributed by atoms with Gasteiger partial charge in [0.15, 0.2) is 0 Å². The van der Waals surface area contributed by atoms with Gasteiger partial charge in [0.1, 0.15) is 6.61 Å². The van der Waals surface area contributed by atoms with Crippen LogP contribution in [-0.4, -0.2) is 33.8 Å². The quantitative estimate of drug-likeness (QED) is 0.865. The fourth-order valence-corrected chi connectivity index (χ4v) is 3.91. The zero-order chi connectivity index (χ0) is 17.0. The van der Waals surface area contributed by atoms with Gasteiger partial charge >= 0.3 is 6.09 Å². The van der Waals surface area contributed by atoms with E-state index in [0.717, 1.165) is 24.8 Å². The summed E-state index contributed by atoms with van der Waals surface area (Å²) in [6, 6.07) is 9.85. The third kappa shape index (κ3) is 3.73. The third-order valence-electron chi connectivity index (χ3n) is 4.99. The van der Waals surface area contributed by atoms with Crippen LogP contribution in [0.15, 0.2) is 30.3 Å². The molecule has 1 amide bonds. The molecule has 3 rings (SSSR count). The van der Waals surface area contributed by atoms with E-state index in [1.807, 2.05) is 42.2 Å². The number of rotatable bonds is 3. The van der Waals surface area contributed by atoms with Gasteiger partial charge in [0.25, 0.3) is 0 Å². The summed E-state index contributed by atoms with van der Waals surface area (Å²) in [4.78, 5) is 14.3. The molecule has 2 heterocycles. The van der Waals surface area contributed by atoms with Crippen LogP contribution in [0.3, 0.4) is 0 Å². The van der Waals surface area contributed by atoms with Crippen molar-refractivity contribution in [3.63, 3.8) is 0 Å². The number of nitrogens with zero attached hydrogens (tertiary/aromatic N) is 1. The molecule has 128 valence electrons. The van der Waals surface area contributed by atoms with E-state index in [9.17, 15) is 9.90 Å². The summed E-state index contributed by atoms with van der Waals surface area (Å²) in [6.45, 7) is 2.30. The van der Waals surface area contributed by atoms with Gasteiger partial charge in [0.05, 0.1) is 5.60 Å². The molecule has 24 heavy (non-hydrogen) atoms. The molecular formula is C20H25NO3. The maximum Gasteiger partial charge on any atom is 0.410 e. The van der Waals surface area contributed by atoms with Gasteiger partial charge in [-0.15, -0.1) is 11.8 Å². The highest BCUT2D eigenvalue weighted by Crippen LogP contribution is 2.42. The summed E-state index contributed by atoms with van der Waals surface area (Å²) in [5.41, 5.74) is 0.228. The second-order valence-corrected chi connectivity index (χ2v) is 6.85. The Hall–Kier alpha value is -1.99. The first-order valence-corrected chi connectivity index (χ1v) is 8.78. The summed E-state index contributed by atoms with van der Waals surface area (Å²) in [5, 5.41) is 10.8. The highest BCUT2D eigenvalue weighted by Gasteiger charge is 2.49. The molecule has 0 aliphatic carbocycles. The monoisotopic (exact) mass is 327 g/mol. The van der Waals surface area contributed by atoms with Crippen LogP contribution in [-0.2, 0) is 11.3 Å². The number of fused-ring (bicyclic) bond motifs is 2. The Morgan fingerprint density at radius 1 is 1.25 bits per heavy atom. The molecule has 2 aliphatic heterocycles. The van der Waals surface area contributed by atoms with Crippen molar-refractivity contribution in [3.8, 4) is 11.8 Å². The molecule has 4 nitrogen and oxygen atoms in total. The van der Waals surface area contributed by atoms with E-state index in [0.29, 0.717) is 25.9 Å². The van der Waals surface area contributed by atoms with Gasteiger partial charge in [-0.25, -0.2) is 4.79 Å². The van der Waals surface area contributed by atoms with Crippen LogP contribution in [0.1, 0.15) is 51.0 Å². The highest BCUT2D eigenvalue weighted by atomic mass is 16.6. The van der Waals surface area contributed by atoms with Crippen LogP contribution in [0.25, 0.3) is 0 Å². The van der Waals surface area contributed by atoms with Crippen molar-refractivity contribution in [2.24, 2.45) is 0 Å². The van der Waals surface area contributed by atoms with Crippen LogP contribution in [0.5, 0.6) is 0 Å². The number of benzene rings is 1. The summed E-state index contributed by atoms with van der Waals surface area (Å²) in [5.74, 6) is 6.10. The Bertz CT molecular complexity index is 617. The third-order valence-corrected chi connectivity index (χ3v) is 4.99. The lowest BCUT2D eigenvalue weighted by Crippen LogP contribution is -2.53. The van der Waals surface area contributed by atoms with Crippen LogP contribution < -0.4 is 0 Å². The van der Waals surface area contributed by atoms with Crippen molar-refractivity contribution in [1.29, 1.82) is 0 Å². The van der Waals surface area contributed by atoms with E-state index in [1.165, 1.54) is 0 Å². The van der Waals surface area contributed by atoms with Gasteiger partial charge < -0.3 is 14.7 Å². The molecule has 0 radical (unpaired) electrons. The Kier molecular flexibility index (Phi) is 5.11. The van der Waals surface area contributed by atoms with Gasteiger partial charge in [-0.2, -0.15) is 0 Å². The second kappa shape index (κ2) is 7.27. The Balaban J connectivity index is 1.59. The fourth-order valence-electron chi connectivity index (χ4n) is 3.91. The van der Waals surface area contributed by atoms with E-state index in [4.69, 9.17) is 4.74 Å². The number of piperidine rings is 1. The molecule has 4 heteroatoms. The lowest BCUT2D eigenvalue weighted by atomic mass is 9.84. The largest absolute Gasteiger partial charge is 0.445 e. The molecule has 2 atom stereocenters. The van der Waals surface area contributed by atoms with E-state index < -0.39 is 5.60 Å². The summed E-state index contributed by atoms with van der Waals surface area (Å²) >= 11 is 0. The number of amides is 1. The average Bonchev–Trinajstić information content (AvgIpc) is 2.86. The average molecular weight is 327 g/mol. The Morgan fingerprint density at radius 2 is 1.92 bits per heavy atom. The first kappa shape index (κ1) is 16.9. The first-order chi connectivity index (χ1) is 11.6. The van der Waals surface area contributed by atoms with E-state index in [-0.39, 0.29) is 18.2 Å². The lowest BCUT2D eigenvalue weighted by molar-refractivity contribution is -0.0455. The molecule has 0 saturated carbocycles. The normalized spacial score (nSPS) is 28.2.